The van der Waals surface area contributed by atoms with Crippen molar-refractivity contribution in [3.05, 3.63) is 23.8 Å². The maximum Gasteiger partial charge on any atom is 0.231 e. The molecule has 0 saturated carbocycles. The second-order valence-electron chi connectivity index (χ2n) is 5.54. The van der Waals surface area contributed by atoms with Crippen LogP contribution in [0.25, 0.3) is 0 Å². The van der Waals surface area contributed by atoms with E-state index in [0.717, 1.165) is 36.5 Å². The topological polar surface area (TPSA) is 41.6 Å². The predicted octanol–water partition coefficient (Wildman–Crippen LogP) is 1.72. The molecule has 4 heteroatoms. The molecule has 0 radical (unpaired) electrons. The molecule has 1 fully saturated rings. The molecule has 0 bridgehead atoms. The summed E-state index contributed by atoms with van der Waals surface area (Å²) in [5.41, 5.74) is 2.07. The molecule has 2 heterocycles. The lowest BCUT2D eigenvalue weighted by Crippen LogP contribution is -2.45. The highest BCUT2D eigenvalue weighted by atomic mass is 16.5. The third kappa shape index (κ3) is 2.32. The van der Waals surface area contributed by atoms with Gasteiger partial charge in [-0.25, -0.2) is 0 Å². The summed E-state index contributed by atoms with van der Waals surface area (Å²) < 4.78 is 5.85. The van der Waals surface area contributed by atoms with Gasteiger partial charge in [-0.05, 0) is 44.5 Å². The average molecular weight is 260 g/mol. The summed E-state index contributed by atoms with van der Waals surface area (Å²) in [5, 5.41) is 3.26. The average Bonchev–Trinajstić information content (AvgIpc) is 2.90. The Bertz CT molecular complexity index is 495. The van der Waals surface area contributed by atoms with E-state index in [4.69, 9.17) is 4.74 Å². The quantitative estimate of drug-likeness (QED) is 0.836. The van der Waals surface area contributed by atoms with Crippen molar-refractivity contribution in [3.8, 4) is 5.75 Å². The van der Waals surface area contributed by atoms with Crippen molar-refractivity contribution in [1.29, 1.82) is 0 Å². The number of fused-ring (bicyclic) bond motifs is 1. The molecular formula is C15H20N2O2. The van der Waals surface area contributed by atoms with E-state index in [1.165, 1.54) is 0 Å². The van der Waals surface area contributed by atoms with Crippen molar-refractivity contribution >= 4 is 11.6 Å². The van der Waals surface area contributed by atoms with E-state index >= 15 is 0 Å². The third-order valence-corrected chi connectivity index (χ3v) is 3.85. The lowest BCUT2D eigenvalue weighted by atomic mass is 10.0. The molecule has 3 rings (SSSR count). The van der Waals surface area contributed by atoms with Crippen LogP contribution in [-0.4, -0.2) is 31.6 Å². The molecule has 2 atom stereocenters. The summed E-state index contributed by atoms with van der Waals surface area (Å²) in [4.78, 5) is 14.5. The van der Waals surface area contributed by atoms with Gasteiger partial charge in [-0.3, -0.25) is 4.79 Å². The minimum atomic E-state index is 0.0487. The normalized spacial score (nSPS) is 25.9. The smallest absolute Gasteiger partial charge is 0.231 e. The van der Waals surface area contributed by atoms with Gasteiger partial charge in [0.05, 0.1) is 18.2 Å². The molecule has 0 spiro atoms. The Hall–Kier alpha value is -1.55. The van der Waals surface area contributed by atoms with E-state index in [-0.39, 0.29) is 17.9 Å². The number of anilines is 1. The zero-order valence-corrected chi connectivity index (χ0v) is 11.5. The van der Waals surface area contributed by atoms with Gasteiger partial charge in [-0.15, -0.1) is 0 Å². The third-order valence-electron chi connectivity index (χ3n) is 3.85. The van der Waals surface area contributed by atoms with Crippen LogP contribution in [0.5, 0.6) is 5.75 Å². The Kier molecular flexibility index (Phi) is 3.19. The second-order valence-corrected chi connectivity index (χ2v) is 5.54. The number of hydrogen-bond acceptors (Lipinski definition) is 3. The number of benzene rings is 1. The first-order valence-electron chi connectivity index (χ1n) is 6.94. The van der Waals surface area contributed by atoms with E-state index in [1.54, 1.807) is 0 Å². The Morgan fingerprint density at radius 1 is 1.47 bits per heavy atom. The van der Waals surface area contributed by atoms with Crippen LogP contribution in [0.4, 0.5) is 5.69 Å². The molecule has 0 aromatic heterocycles. The fraction of sp³-hybridized carbons (Fsp3) is 0.533. The maximum atomic E-state index is 12.6. The van der Waals surface area contributed by atoms with E-state index in [1.807, 2.05) is 36.9 Å². The van der Waals surface area contributed by atoms with Crippen LogP contribution in [0.15, 0.2) is 18.2 Å². The van der Waals surface area contributed by atoms with Crippen molar-refractivity contribution in [2.45, 2.75) is 26.4 Å². The highest BCUT2D eigenvalue weighted by Crippen LogP contribution is 2.35. The highest BCUT2D eigenvalue weighted by Gasteiger charge is 2.33. The number of nitrogens with zero attached hydrogens (tertiary/aromatic N) is 1. The minimum absolute atomic E-state index is 0.0487. The minimum Gasteiger partial charge on any atom is -0.487 e. The number of amides is 1. The van der Waals surface area contributed by atoms with Crippen molar-refractivity contribution in [3.63, 3.8) is 0 Å². The molecule has 1 N–H and O–H groups in total. The van der Waals surface area contributed by atoms with Crippen LogP contribution in [0.2, 0.25) is 0 Å². The first kappa shape index (κ1) is 12.5. The molecular weight excluding hydrogens is 240 g/mol. The SMILES string of the molecule is Cc1ccc2c(c1)O[C@H](C)CN2C(=O)[C@@H]1CCNC1. The van der Waals surface area contributed by atoms with E-state index in [9.17, 15) is 4.79 Å². The van der Waals surface area contributed by atoms with Crippen LogP contribution in [0.3, 0.4) is 0 Å². The van der Waals surface area contributed by atoms with Gasteiger partial charge in [0.2, 0.25) is 5.91 Å². The van der Waals surface area contributed by atoms with Crippen molar-refractivity contribution in [1.82, 2.24) is 5.32 Å². The van der Waals surface area contributed by atoms with Crippen LogP contribution < -0.4 is 15.0 Å². The zero-order valence-electron chi connectivity index (χ0n) is 11.5. The number of hydrogen-bond donors (Lipinski definition) is 1. The first-order chi connectivity index (χ1) is 9.15. The van der Waals surface area contributed by atoms with Crippen LogP contribution in [0.1, 0.15) is 18.9 Å². The fourth-order valence-corrected chi connectivity index (χ4v) is 2.84. The van der Waals surface area contributed by atoms with E-state index in [2.05, 4.69) is 5.32 Å². The lowest BCUT2D eigenvalue weighted by Gasteiger charge is -2.35. The summed E-state index contributed by atoms with van der Waals surface area (Å²) in [5.74, 6) is 1.17. The van der Waals surface area contributed by atoms with Gasteiger partial charge in [-0.1, -0.05) is 6.07 Å². The van der Waals surface area contributed by atoms with Gasteiger partial charge < -0.3 is 15.0 Å². The number of ether oxygens (including phenoxy) is 1. The predicted molar refractivity (Wildman–Crippen MR) is 74.6 cm³/mol. The van der Waals surface area contributed by atoms with Crippen molar-refractivity contribution in [2.24, 2.45) is 5.92 Å². The summed E-state index contributed by atoms with van der Waals surface area (Å²) in [6.45, 7) is 6.43. The first-order valence-corrected chi connectivity index (χ1v) is 6.94. The fourth-order valence-electron chi connectivity index (χ4n) is 2.84. The van der Waals surface area contributed by atoms with Crippen LogP contribution >= 0.6 is 0 Å². The standard InChI is InChI=1S/C15H20N2O2/c1-10-3-4-13-14(7-10)19-11(2)9-17(13)15(18)12-5-6-16-8-12/h3-4,7,11-12,16H,5-6,8-9H2,1-2H3/t11-,12-/m1/s1. The Morgan fingerprint density at radius 2 is 2.32 bits per heavy atom. The Balaban J connectivity index is 1.92. The number of rotatable bonds is 1. The van der Waals surface area contributed by atoms with Crippen molar-refractivity contribution < 1.29 is 9.53 Å². The molecule has 1 amide bonds. The largest absolute Gasteiger partial charge is 0.487 e. The maximum absolute atomic E-state index is 12.6. The Morgan fingerprint density at radius 3 is 3.05 bits per heavy atom. The number of nitrogens with one attached hydrogen (secondary N) is 1. The molecule has 19 heavy (non-hydrogen) atoms. The summed E-state index contributed by atoms with van der Waals surface area (Å²) >= 11 is 0. The molecule has 2 aliphatic rings. The highest BCUT2D eigenvalue weighted by molar-refractivity contribution is 5.97. The molecule has 1 saturated heterocycles. The molecule has 102 valence electrons. The number of aryl methyl sites for hydroxylation is 1. The van der Waals surface area contributed by atoms with E-state index < -0.39 is 0 Å². The Labute approximate surface area is 113 Å². The summed E-state index contributed by atoms with van der Waals surface area (Å²) in [7, 11) is 0. The van der Waals surface area contributed by atoms with E-state index in [0.29, 0.717) is 6.54 Å². The summed E-state index contributed by atoms with van der Waals surface area (Å²) in [6, 6.07) is 6.04. The second kappa shape index (κ2) is 4.85. The molecule has 0 unspecified atom stereocenters. The number of carbonyl (C=O) groups excluding carboxylic acids is 1. The zero-order chi connectivity index (χ0) is 13.4. The molecule has 0 aliphatic carbocycles. The van der Waals surface area contributed by atoms with Gasteiger partial charge in [0.1, 0.15) is 11.9 Å². The van der Waals surface area contributed by atoms with Crippen molar-refractivity contribution in [2.75, 3.05) is 24.5 Å². The summed E-state index contributed by atoms with van der Waals surface area (Å²) in [6.07, 6.45) is 0.985. The molecule has 1 aromatic rings. The van der Waals surface area contributed by atoms with Gasteiger partial charge in [0.25, 0.3) is 0 Å². The molecule has 4 nitrogen and oxygen atoms in total. The monoisotopic (exact) mass is 260 g/mol. The molecule has 2 aliphatic heterocycles. The number of carbonyl (C=O) groups is 1. The lowest BCUT2D eigenvalue weighted by molar-refractivity contribution is -0.122. The molecule has 1 aromatic carbocycles. The van der Waals surface area contributed by atoms with Crippen LogP contribution in [0, 0.1) is 12.8 Å². The van der Waals surface area contributed by atoms with Gasteiger partial charge in [-0.2, -0.15) is 0 Å². The van der Waals surface area contributed by atoms with Gasteiger partial charge in [0.15, 0.2) is 0 Å². The van der Waals surface area contributed by atoms with Gasteiger partial charge >= 0.3 is 0 Å². The van der Waals surface area contributed by atoms with Crippen LogP contribution in [-0.2, 0) is 4.79 Å². The van der Waals surface area contributed by atoms with Gasteiger partial charge in [0, 0.05) is 6.54 Å².